The molecule has 208 valence electrons. The first-order chi connectivity index (χ1) is 18.4. The summed E-state index contributed by atoms with van der Waals surface area (Å²) in [6, 6.07) is 10.2. The van der Waals surface area contributed by atoms with Gasteiger partial charge in [0.2, 0.25) is 16.3 Å². The van der Waals surface area contributed by atoms with Crippen molar-refractivity contribution in [2.24, 2.45) is 0 Å². The van der Waals surface area contributed by atoms with E-state index in [2.05, 4.69) is 5.32 Å². The van der Waals surface area contributed by atoms with Crippen molar-refractivity contribution in [1.82, 2.24) is 9.62 Å². The van der Waals surface area contributed by atoms with Gasteiger partial charge in [0.05, 0.1) is 25.2 Å². The highest BCUT2D eigenvalue weighted by molar-refractivity contribution is 7.89. The number of hydrogen-bond acceptors (Lipinski definition) is 8. The van der Waals surface area contributed by atoms with E-state index in [1.54, 1.807) is 23.5 Å². The highest BCUT2D eigenvalue weighted by atomic mass is 32.2. The second-order valence-electron chi connectivity index (χ2n) is 9.42. The van der Waals surface area contributed by atoms with Crippen LogP contribution in [0.1, 0.15) is 49.3 Å². The van der Waals surface area contributed by atoms with E-state index in [1.807, 2.05) is 23.6 Å². The van der Waals surface area contributed by atoms with Crippen LogP contribution in [0.5, 0.6) is 5.75 Å². The standard InChI is InChI=1S/C27H36N2O7S2/c1-34-22-9-11-23(12-10-22)38(32,33)29(13-15-30)14-16-35-26-19-20(25-8-5-17-37-25)18-24(36-26)27(31)28-21-6-3-2-4-7-21/h5,8-12,17-18,20-21,26,30H,2-4,6-7,13-16,19H2,1H3,(H,28,31)/t20-,26+/m1/s1. The summed E-state index contributed by atoms with van der Waals surface area (Å²) in [5.74, 6) is 0.503. The molecule has 38 heavy (non-hydrogen) atoms. The van der Waals surface area contributed by atoms with Gasteiger partial charge in [-0.1, -0.05) is 25.3 Å². The first-order valence-corrected chi connectivity index (χ1v) is 15.3. The number of carbonyl (C=O) groups excluding carboxylic acids is 1. The largest absolute Gasteiger partial charge is 0.497 e. The number of hydrogen-bond donors (Lipinski definition) is 2. The minimum Gasteiger partial charge on any atom is -0.497 e. The van der Waals surface area contributed by atoms with E-state index in [4.69, 9.17) is 14.2 Å². The molecule has 2 N–H and O–H groups in total. The van der Waals surface area contributed by atoms with Crippen molar-refractivity contribution in [1.29, 1.82) is 0 Å². The van der Waals surface area contributed by atoms with Gasteiger partial charge in [-0.05, 0) is 54.6 Å². The van der Waals surface area contributed by atoms with E-state index in [0.29, 0.717) is 12.2 Å². The predicted molar refractivity (Wildman–Crippen MR) is 144 cm³/mol. The number of aliphatic hydroxyl groups excluding tert-OH is 1. The highest BCUT2D eigenvalue weighted by Crippen LogP contribution is 2.34. The van der Waals surface area contributed by atoms with Crippen molar-refractivity contribution in [3.05, 3.63) is 58.5 Å². The summed E-state index contributed by atoms with van der Waals surface area (Å²) in [4.78, 5) is 14.3. The number of ether oxygens (including phenoxy) is 3. The zero-order valence-corrected chi connectivity index (χ0v) is 23.2. The Morgan fingerprint density at radius 3 is 2.58 bits per heavy atom. The fraction of sp³-hybridized carbons (Fsp3) is 0.519. The van der Waals surface area contributed by atoms with Crippen molar-refractivity contribution < 1.29 is 32.5 Å². The van der Waals surface area contributed by atoms with Crippen LogP contribution in [0.3, 0.4) is 0 Å². The van der Waals surface area contributed by atoms with E-state index in [0.717, 1.165) is 30.6 Å². The van der Waals surface area contributed by atoms with E-state index < -0.39 is 16.3 Å². The lowest BCUT2D eigenvalue weighted by atomic mass is 9.95. The molecule has 0 saturated heterocycles. The molecule has 1 fully saturated rings. The topological polar surface area (TPSA) is 114 Å². The van der Waals surface area contributed by atoms with Crippen LogP contribution < -0.4 is 10.1 Å². The van der Waals surface area contributed by atoms with Crippen molar-refractivity contribution in [3.63, 3.8) is 0 Å². The third kappa shape index (κ3) is 7.35. The first-order valence-electron chi connectivity index (χ1n) is 13.0. The molecule has 0 spiro atoms. The Hall–Kier alpha value is -2.44. The Balaban J connectivity index is 1.40. The Bertz CT molecular complexity index is 1160. The van der Waals surface area contributed by atoms with E-state index >= 15 is 0 Å². The van der Waals surface area contributed by atoms with Crippen LogP contribution in [0.25, 0.3) is 0 Å². The SMILES string of the molecule is COc1ccc(S(=O)(=O)N(CCO)CCO[C@@H]2C[C@H](c3cccs3)C=C(C(=O)NC3CCCCC3)O2)cc1. The quantitative estimate of drug-likeness (QED) is 0.405. The molecule has 1 saturated carbocycles. The zero-order chi connectivity index (χ0) is 27.0. The van der Waals surface area contributed by atoms with Gasteiger partial charge in [-0.3, -0.25) is 4.79 Å². The lowest BCUT2D eigenvalue weighted by molar-refractivity contribution is -0.146. The van der Waals surface area contributed by atoms with E-state index in [9.17, 15) is 18.3 Å². The maximum Gasteiger partial charge on any atom is 0.286 e. The lowest BCUT2D eigenvalue weighted by Gasteiger charge is -2.30. The average molecular weight is 565 g/mol. The fourth-order valence-corrected chi connectivity index (χ4v) is 6.99. The number of rotatable bonds is 12. The molecule has 2 aromatic rings. The molecule has 0 radical (unpaired) electrons. The third-order valence-electron chi connectivity index (χ3n) is 6.82. The lowest BCUT2D eigenvalue weighted by Crippen LogP contribution is -2.40. The van der Waals surface area contributed by atoms with Crippen molar-refractivity contribution in [2.75, 3.05) is 33.4 Å². The summed E-state index contributed by atoms with van der Waals surface area (Å²) in [5, 5.41) is 14.6. The number of aliphatic hydroxyl groups is 1. The molecule has 1 amide bonds. The summed E-state index contributed by atoms with van der Waals surface area (Å²) >= 11 is 1.61. The van der Waals surface area contributed by atoms with Gasteiger partial charge in [0.15, 0.2) is 5.76 Å². The van der Waals surface area contributed by atoms with Crippen molar-refractivity contribution in [2.45, 2.75) is 61.7 Å². The maximum absolute atomic E-state index is 13.2. The van der Waals surface area contributed by atoms with E-state index in [-0.39, 0.29) is 54.8 Å². The first kappa shape index (κ1) is 28.6. The molecule has 1 aliphatic carbocycles. The van der Waals surface area contributed by atoms with Gasteiger partial charge in [0.25, 0.3) is 5.91 Å². The number of benzene rings is 1. The molecule has 9 nitrogen and oxygen atoms in total. The van der Waals surface area contributed by atoms with Crippen LogP contribution in [0.15, 0.2) is 58.5 Å². The summed E-state index contributed by atoms with van der Waals surface area (Å²) in [6.45, 7) is -0.347. The van der Waals surface area contributed by atoms with Gasteiger partial charge in [-0.15, -0.1) is 11.3 Å². The van der Waals surface area contributed by atoms with Crippen molar-refractivity contribution in [3.8, 4) is 5.75 Å². The Morgan fingerprint density at radius 1 is 1.16 bits per heavy atom. The molecular weight excluding hydrogens is 528 g/mol. The van der Waals surface area contributed by atoms with Crippen molar-refractivity contribution >= 4 is 27.3 Å². The number of nitrogens with one attached hydrogen (secondary N) is 1. The van der Waals surface area contributed by atoms with Gasteiger partial charge in [-0.2, -0.15) is 4.31 Å². The van der Waals surface area contributed by atoms with Crippen LogP contribution in [-0.2, 0) is 24.3 Å². The molecule has 2 heterocycles. The molecule has 1 aliphatic heterocycles. The number of nitrogens with zero attached hydrogens (tertiary/aromatic N) is 1. The fourth-order valence-electron chi connectivity index (χ4n) is 4.77. The number of thiophene rings is 1. The summed E-state index contributed by atoms with van der Waals surface area (Å²) in [7, 11) is -2.35. The smallest absolute Gasteiger partial charge is 0.286 e. The molecule has 0 unspecified atom stereocenters. The Kier molecular flexibility index (Phi) is 10.2. The molecule has 11 heteroatoms. The Morgan fingerprint density at radius 2 is 1.92 bits per heavy atom. The zero-order valence-electron chi connectivity index (χ0n) is 21.6. The maximum atomic E-state index is 13.2. The van der Waals surface area contributed by atoms with Gasteiger partial charge in [0.1, 0.15) is 5.75 Å². The van der Waals surface area contributed by atoms with Crippen LogP contribution in [-0.4, -0.2) is 69.5 Å². The van der Waals surface area contributed by atoms with Crippen LogP contribution in [0.4, 0.5) is 0 Å². The number of amides is 1. The molecule has 2 aliphatic rings. The second-order valence-corrected chi connectivity index (χ2v) is 12.3. The monoisotopic (exact) mass is 564 g/mol. The normalized spacial score (nSPS) is 20.6. The second kappa shape index (κ2) is 13.6. The molecular formula is C27H36N2O7S2. The van der Waals surface area contributed by atoms with Gasteiger partial charge in [0, 0.05) is 36.3 Å². The summed E-state index contributed by atoms with van der Waals surface area (Å²) in [6.07, 6.45) is 7.01. The van der Waals surface area contributed by atoms with Crippen LogP contribution >= 0.6 is 11.3 Å². The average Bonchev–Trinajstić information content (AvgIpc) is 3.48. The minimum absolute atomic E-state index is 0.0196. The molecule has 4 rings (SSSR count). The van der Waals surface area contributed by atoms with Crippen LogP contribution in [0, 0.1) is 0 Å². The third-order valence-corrected chi connectivity index (χ3v) is 9.74. The number of allylic oxidation sites excluding steroid dienone is 1. The van der Waals surface area contributed by atoms with Gasteiger partial charge < -0.3 is 24.6 Å². The number of methoxy groups -OCH3 is 1. The number of carbonyl (C=O) groups is 1. The van der Waals surface area contributed by atoms with Gasteiger partial charge >= 0.3 is 0 Å². The van der Waals surface area contributed by atoms with Crippen LogP contribution in [0.2, 0.25) is 0 Å². The molecule has 1 aromatic heterocycles. The minimum atomic E-state index is -3.85. The molecule has 0 bridgehead atoms. The summed E-state index contributed by atoms with van der Waals surface area (Å²) < 4.78 is 44.6. The molecule has 2 atom stereocenters. The number of sulfonamides is 1. The van der Waals surface area contributed by atoms with Gasteiger partial charge in [-0.25, -0.2) is 8.42 Å². The summed E-state index contributed by atoms with van der Waals surface area (Å²) in [5.41, 5.74) is 0. The predicted octanol–water partition coefficient (Wildman–Crippen LogP) is 3.62. The van der Waals surface area contributed by atoms with E-state index in [1.165, 1.54) is 30.0 Å². The highest BCUT2D eigenvalue weighted by Gasteiger charge is 2.31. The Labute approximate surface area is 228 Å². The molecule has 1 aromatic carbocycles.